The highest BCUT2D eigenvalue weighted by Crippen LogP contribution is 2.42. The molecule has 0 fully saturated rings. The normalized spacial score (nSPS) is 11.9. The van der Waals surface area contributed by atoms with Crippen LogP contribution in [0.2, 0.25) is 0 Å². The molecule has 220 valence electrons. The number of carbonyl (C=O) groups excluding carboxylic acids is 2. The topological polar surface area (TPSA) is 125 Å². The van der Waals surface area contributed by atoms with Crippen molar-refractivity contribution in [3.63, 3.8) is 0 Å². The third-order valence-corrected chi connectivity index (χ3v) is 6.23. The van der Waals surface area contributed by atoms with Crippen LogP contribution >= 0.6 is 0 Å². The Morgan fingerprint density at radius 1 is 0.881 bits per heavy atom. The zero-order valence-electron chi connectivity index (χ0n) is 24.4. The van der Waals surface area contributed by atoms with Gasteiger partial charge in [-0.15, -0.1) is 0 Å². The van der Waals surface area contributed by atoms with Gasteiger partial charge in [0.05, 0.1) is 21.3 Å². The predicted octanol–water partition coefficient (Wildman–Crippen LogP) is 5.56. The number of nitrogens with one attached hydrogen (secondary N) is 2. The van der Waals surface area contributed by atoms with Gasteiger partial charge in [-0.1, -0.05) is 42.5 Å². The van der Waals surface area contributed by atoms with E-state index in [1.165, 1.54) is 27.4 Å². The van der Waals surface area contributed by atoms with Crippen LogP contribution in [0, 0.1) is 0 Å². The van der Waals surface area contributed by atoms with E-state index in [0.717, 1.165) is 5.56 Å². The summed E-state index contributed by atoms with van der Waals surface area (Å²) in [4.78, 5) is 39.1. The summed E-state index contributed by atoms with van der Waals surface area (Å²) in [5.41, 5.74) is 1.01. The highest BCUT2D eigenvalue weighted by molar-refractivity contribution is 5.97. The van der Waals surface area contributed by atoms with E-state index in [4.69, 9.17) is 23.4 Å². The Bertz CT molecular complexity index is 1640. The minimum absolute atomic E-state index is 0.204. The van der Waals surface area contributed by atoms with Gasteiger partial charge in [0.2, 0.25) is 11.7 Å². The molecule has 2 N–H and O–H groups in total. The molecule has 0 bridgehead atoms. The third-order valence-electron chi connectivity index (χ3n) is 6.23. The lowest BCUT2D eigenvalue weighted by Crippen LogP contribution is -2.47. The lowest BCUT2D eigenvalue weighted by Gasteiger charge is -2.23. The van der Waals surface area contributed by atoms with E-state index < -0.39 is 23.6 Å². The van der Waals surface area contributed by atoms with E-state index in [0.29, 0.717) is 17.0 Å². The third kappa shape index (κ3) is 7.01. The first-order chi connectivity index (χ1) is 20.0. The number of carbonyl (C=O) groups is 2. The Labute approximate surface area is 243 Å². The second-order valence-electron chi connectivity index (χ2n) is 10.5. The van der Waals surface area contributed by atoms with Crippen molar-refractivity contribution >= 4 is 28.7 Å². The number of fused-ring (bicyclic) bond motifs is 1. The highest BCUT2D eigenvalue weighted by atomic mass is 16.6. The SMILES string of the molecule is COc1cc2oc(-c3cccc(NC(=O)[C@H](Cc4ccccc4)NC(=O)OC(C)(C)C)c3)cc(=O)c2c(OC)c1OC. The fourth-order valence-corrected chi connectivity index (χ4v) is 4.42. The van der Waals surface area contributed by atoms with Crippen LogP contribution in [0.25, 0.3) is 22.3 Å². The van der Waals surface area contributed by atoms with Gasteiger partial charge in [-0.3, -0.25) is 9.59 Å². The summed E-state index contributed by atoms with van der Waals surface area (Å²) in [5.74, 6) is 0.650. The van der Waals surface area contributed by atoms with Gasteiger partial charge in [-0.2, -0.15) is 0 Å². The minimum atomic E-state index is -0.917. The zero-order valence-corrected chi connectivity index (χ0v) is 24.4. The van der Waals surface area contributed by atoms with Gasteiger partial charge < -0.3 is 34.0 Å². The molecule has 2 amide bonds. The Morgan fingerprint density at radius 3 is 2.24 bits per heavy atom. The van der Waals surface area contributed by atoms with Crippen LogP contribution in [-0.4, -0.2) is 45.0 Å². The standard InChI is InChI=1S/C32H34N2O8/c1-32(2,3)42-31(37)34-22(15-19-11-8-7-9-12-19)30(36)33-21-14-10-13-20(16-21)24-17-23(35)27-25(41-24)18-26(38-4)28(39-5)29(27)40-6/h7-14,16-18,22H,15H2,1-6H3,(H,33,36)(H,34,37)/t22-/m0/s1. The number of anilines is 1. The number of ether oxygens (including phenoxy) is 4. The maximum atomic E-state index is 13.4. The average molecular weight is 575 g/mol. The monoisotopic (exact) mass is 574 g/mol. The number of hydrogen-bond acceptors (Lipinski definition) is 8. The van der Waals surface area contributed by atoms with Crippen molar-refractivity contribution in [1.82, 2.24) is 5.32 Å². The molecule has 1 aromatic heterocycles. The van der Waals surface area contributed by atoms with Crippen LogP contribution in [0.4, 0.5) is 10.5 Å². The summed E-state index contributed by atoms with van der Waals surface area (Å²) >= 11 is 0. The predicted molar refractivity (Wildman–Crippen MR) is 160 cm³/mol. The molecule has 10 heteroatoms. The van der Waals surface area contributed by atoms with Gasteiger partial charge in [0.15, 0.2) is 16.9 Å². The maximum absolute atomic E-state index is 13.4. The number of methoxy groups -OCH3 is 3. The average Bonchev–Trinajstić information content (AvgIpc) is 2.95. The molecule has 0 unspecified atom stereocenters. The van der Waals surface area contributed by atoms with Gasteiger partial charge in [0.1, 0.15) is 28.4 Å². The van der Waals surface area contributed by atoms with Crippen LogP contribution in [0.3, 0.4) is 0 Å². The van der Waals surface area contributed by atoms with Crippen molar-refractivity contribution in [3.8, 4) is 28.6 Å². The largest absolute Gasteiger partial charge is 0.493 e. The maximum Gasteiger partial charge on any atom is 0.408 e. The number of hydrogen-bond donors (Lipinski definition) is 2. The summed E-state index contributed by atoms with van der Waals surface area (Å²) in [6.45, 7) is 5.24. The van der Waals surface area contributed by atoms with Crippen LogP contribution in [0.5, 0.6) is 17.2 Å². The summed E-state index contributed by atoms with van der Waals surface area (Å²) in [7, 11) is 4.36. The van der Waals surface area contributed by atoms with Crippen LogP contribution < -0.4 is 30.3 Å². The molecule has 0 saturated carbocycles. The number of alkyl carbamates (subject to hydrolysis) is 1. The summed E-state index contributed by atoms with van der Waals surface area (Å²) in [5, 5.41) is 5.75. The molecule has 4 aromatic rings. The summed E-state index contributed by atoms with van der Waals surface area (Å²) in [6.07, 6.45) is -0.453. The first kappa shape index (κ1) is 30.0. The van der Waals surface area contributed by atoms with Gasteiger partial charge in [-0.25, -0.2) is 4.79 Å². The molecule has 0 saturated heterocycles. The summed E-state index contributed by atoms with van der Waals surface area (Å²) in [6, 6.07) is 18.2. The quantitative estimate of drug-likeness (QED) is 0.266. The number of rotatable bonds is 9. The molecule has 0 aliphatic rings. The number of benzene rings is 3. The van der Waals surface area contributed by atoms with E-state index >= 15 is 0 Å². The molecule has 0 spiro atoms. The molecule has 0 aliphatic heterocycles. The zero-order chi connectivity index (χ0) is 30.4. The molecule has 1 heterocycles. The minimum Gasteiger partial charge on any atom is -0.493 e. The van der Waals surface area contributed by atoms with E-state index in [-0.39, 0.29) is 40.1 Å². The fourth-order valence-electron chi connectivity index (χ4n) is 4.42. The van der Waals surface area contributed by atoms with Crippen molar-refractivity contribution in [2.75, 3.05) is 26.6 Å². The molecule has 3 aromatic carbocycles. The van der Waals surface area contributed by atoms with Gasteiger partial charge >= 0.3 is 6.09 Å². The van der Waals surface area contributed by atoms with E-state index in [9.17, 15) is 14.4 Å². The molecular weight excluding hydrogens is 540 g/mol. The molecule has 0 radical (unpaired) electrons. The lowest BCUT2D eigenvalue weighted by atomic mass is 10.0. The van der Waals surface area contributed by atoms with E-state index in [1.54, 1.807) is 51.1 Å². The van der Waals surface area contributed by atoms with Crippen LogP contribution in [-0.2, 0) is 16.0 Å². The van der Waals surface area contributed by atoms with E-state index in [1.807, 2.05) is 30.3 Å². The van der Waals surface area contributed by atoms with Crippen molar-refractivity contribution in [3.05, 3.63) is 82.5 Å². The Hall–Kier alpha value is -4.99. The summed E-state index contributed by atoms with van der Waals surface area (Å²) < 4.78 is 27.7. The van der Waals surface area contributed by atoms with Gasteiger partial charge in [0, 0.05) is 29.8 Å². The Morgan fingerprint density at radius 2 is 1.60 bits per heavy atom. The molecule has 0 aliphatic carbocycles. The molecule has 4 rings (SSSR count). The number of amides is 2. The second kappa shape index (κ2) is 12.7. The molecule has 1 atom stereocenters. The van der Waals surface area contributed by atoms with Crippen molar-refractivity contribution < 1.29 is 33.0 Å². The first-order valence-electron chi connectivity index (χ1n) is 13.2. The van der Waals surface area contributed by atoms with Crippen LogP contribution in [0.15, 0.2) is 75.9 Å². The highest BCUT2D eigenvalue weighted by Gasteiger charge is 2.25. The van der Waals surface area contributed by atoms with E-state index in [2.05, 4.69) is 10.6 Å². The van der Waals surface area contributed by atoms with Gasteiger partial charge in [-0.05, 0) is 38.5 Å². The smallest absolute Gasteiger partial charge is 0.408 e. The lowest BCUT2D eigenvalue weighted by molar-refractivity contribution is -0.118. The fraction of sp³-hybridized carbons (Fsp3) is 0.281. The van der Waals surface area contributed by atoms with Crippen molar-refractivity contribution in [2.24, 2.45) is 0 Å². The van der Waals surface area contributed by atoms with Crippen LogP contribution in [0.1, 0.15) is 26.3 Å². The molecule has 10 nitrogen and oxygen atoms in total. The first-order valence-corrected chi connectivity index (χ1v) is 13.2. The van der Waals surface area contributed by atoms with Crippen molar-refractivity contribution in [2.45, 2.75) is 38.8 Å². The Balaban J connectivity index is 1.64. The second-order valence-corrected chi connectivity index (χ2v) is 10.5. The van der Waals surface area contributed by atoms with Crippen molar-refractivity contribution in [1.29, 1.82) is 0 Å². The molecular formula is C32H34N2O8. The molecule has 42 heavy (non-hydrogen) atoms. The Kier molecular flexibility index (Phi) is 9.05. The van der Waals surface area contributed by atoms with Gasteiger partial charge in [0.25, 0.3) is 0 Å².